The van der Waals surface area contributed by atoms with E-state index in [9.17, 15) is 13.6 Å². The number of hydrogen-bond acceptors (Lipinski definition) is 3. The first-order valence-electron chi connectivity index (χ1n) is 6.61. The number of allylic oxidation sites excluding steroid dienone is 1. The molecule has 1 aromatic rings. The topological polar surface area (TPSA) is 58.6 Å². The van der Waals surface area contributed by atoms with Crippen LogP contribution >= 0.6 is 0 Å². The highest BCUT2D eigenvalue weighted by atomic mass is 19.3. The Morgan fingerprint density at radius 1 is 1.43 bits per heavy atom. The van der Waals surface area contributed by atoms with Gasteiger partial charge in [-0.3, -0.25) is 4.79 Å². The maximum Gasteiger partial charge on any atom is 0.387 e. The molecule has 0 saturated carbocycles. The normalized spacial score (nSPS) is 13.1. The Hall–Kier alpha value is -1.95. The highest BCUT2D eigenvalue weighted by molar-refractivity contribution is 5.95. The predicted molar refractivity (Wildman–Crippen MR) is 76.0 cm³/mol. The molecule has 1 amide bonds. The largest absolute Gasteiger partial charge is 0.434 e. The van der Waals surface area contributed by atoms with Gasteiger partial charge in [-0.25, -0.2) is 0 Å². The van der Waals surface area contributed by atoms with Crippen molar-refractivity contribution in [2.24, 2.45) is 0 Å². The van der Waals surface area contributed by atoms with Gasteiger partial charge in [0.15, 0.2) is 0 Å². The molecule has 21 heavy (non-hydrogen) atoms. The van der Waals surface area contributed by atoms with Gasteiger partial charge < -0.3 is 15.2 Å². The number of rotatable bonds is 7. The van der Waals surface area contributed by atoms with E-state index in [2.05, 4.69) is 10.1 Å². The summed E-state index contributed by atoms with van der Waals surface area (Å²) in [5, 5.41) is 11.7. The molecule has 6 heteroatoms. The molecule has 0 bridgehead atoms. The van der Waals surface area contributed by atoms with Crippen LogP contribution in [-0.4, -0.2) is 30.3 Å². The van der Waals surface area contributed by atoms with Crippen molar-refractivity contribution >= 4 is 11.5 Å². The number of halogens is 2. The quantitative estimate of drug-likeness (QED) is 0.761. The van der Waals surface area contributed by atoms with Gasteiger partial charge in [0.1, 0.15) is 5.75 Å². The molecule has 0 aliphatic rings. The minimum Gasteiger partial charge on any atom is -0.434 e. The number of para-hydroxylation sites is 1. The predicted octanol–water partition coefficient (Wildman–Crippen LogP) is 2.58. The summed E-state index contributed by atoms with van der Waals surface area (Å²) in [4.78, 5) is 11.8. The highest BCUT2D eigenvalue weighted by Crippen LogP contribution is 2.26. The molecule has 116 valence electrons. The minimum atomic E-state index is -2.92. The van der Waals surface area contributed by atoms with E-state index in [1.54, 1.807) is 25.1 Å². The fourth-order valence-corrected chi connectivity index (χ4v) is 1.79. The van der Waals surface area contributed by atoms with Gasteiger partial charge in [-0.05, 0) is 25.0 Å². The van der Waals surface area contributed by atoms with Gasteiger partial charge in [-0.2, -0.15) is 8.78 Å². The van der Waals surface area contributed by atoms with Crippen molar-refractivity contribution in [2.75, 3.05) is 6.61 Å². The van der Waals surface area contributed by atoms with Gasteiger partial charge in [0.2, 0.25) is 5.91 Å². The van der Waals surface area contributed by atoms with Crippen LogP contribution in [0.1, 0.15) is 25.8 Å². The molecule has 0 aliphatic heterocycles. The molecule has 0 radical (unpaired) electrons. The molecule has 0 aromatic heterocycles. The summed E-state index contributed by atoms with van der Waals surface area (Å²) in [7, 11) is 0. The molecular formula is C15H19F2NO3. The molecule has 2 N–H and O–H groups in total. The Balaban J connectivity index is 2.89. The molecule has 0 heterocycles. The average molecular weight is 299 g/mol. The lowest BCUT2D eigenvalue weighted by Gasteiger charge is -2.13. The third-order valence-corrected chi connectivity index (χ3v) is 2.94. The number of hydrogen-bond donors (Lipinski definition) is 2. The van der Waals surface area contributed by atoms with E-state index in [-0.39, 0.29) is 24.3 Å². The third kappa shape index (κ3) is 5.51. The lowest BCUT2D eigenvalue weighted by Crippen LogP contribution is -2.35. The van der Waals surface area contributed by atoms with E-state index in [1.807, 2.05) is 6.92 Å². The molecule has 0 aliphatic carbocycles. The Kier molecular flexibility index (Phi) is 6.81. The van der Waals surface area contributed by atoms with Crippen LogP contribution in [0.5, 0.6) is 5.75 Å². The van der Waals surface area contributed by atoms with E-state index >= 15 is 0 Å². The van der Waals surface area contributed by atoms with Crippen LogP contribution in [0.4, 0.5) is 8.78 Å². The van der Waals surface area contributed by atoms with E-state index in [0.717, 1.165) is 0 Å². The van der Waals surface area contributed by atoms with Crippen LogP contribution in [0.25, 0.3) is 5.57 Å². The standard InChI is InChI=1S/C15H19F2NO3/c1-3-11(9-19)18-14(20)8-10(2)12-6-4-5-7-13(12)21-15(16)17/h4-8,11,15,19H,3,9H2,1-2H3,(H,18,20)/b10-8-. The number of amides is 1. The fraction of sp³-hybridized carbons (Fsp3) is 0.400. The number of benzene rings is 1. The van der Waals surface area contributed by atoms with Crippen LogP contribution in [0.2, 0.25) is 0 Å². The summed E-state index contributed by atoms with van der Waals surface area (Å²) in [6.45, 7) is 0.392. The summed E-state index contributed by atoms with van der Waals surface area (Å²) < 4.78 is 29.1. The van der Waals surface area contributed by atoms with Crippen LogP contribution in [-0.2, 0) is 4.79 Å². The number of ether oxygens (including phenoxy) is 1. The van der Waals surface area contributed by atoms with E-state index in [1.165, 1.54) is 12.1 Å². The van der Waals surface area contributed by atoms with Crippen molar-refractivity contribution in [2.45, 2.75) is 32.9 Å². The number of nitrogens with one attached hydrogen (secondary N) is 1. The van der Waals surface area contributed by atoms with Crippen molar-refractivity contribution in [3.05, 3.63) is 35.9 Å². The minimum absolute atomic E-state index is 0.0169. The second kappa shape index (κ2) is 8.36. The summed E-state index contributed by atoms with van der Waals surface area (Å²) in [5.41, 5.74) is 0.918. The van der Waals surface area contributed by atoms with E-state index < -0.39 is 6.61 Å². The summed E-state index contributed by atoms with van der Waals surface area (Å²) in [5.74, 6) is -0.372. The molecule has 1 aromatic carbocycles. The monoisotopic (exact) mass is 299 g/mol. The zero-order valence-electron chi connectivity index (χ0n) is 12.0. The molecule has 1 rings (SSSR count). The van der Waals surface area contributed by atoms with Crippen molar-refractivity contribution in [3.63, 3.8) is 0 Å². The molecule has 0 spiro atoms. The van der Waals surface area contributed by atoms with Crippen molar-refractivity contribution in [3.8, 4) is 5.75 Å². The third-order valence-electron chi connectivity index (χ3n) is 2.94. The lowest BCUT2D eigenvalue weighted by molar-refractivity contribution is -0.117. The smallest absolute Gasteiger partial charge is 0.387 e. The maximum absolute atomic E-state index is 12.3. The summed E-state index contributed by atoms with van der Waals surface area (Å²) in [6, 6.07) is 5.94. The Labute approximate surface area is 122 Å². The van der Waals surface area contributed by atoms with Crippen molar-refractivity contribution in [1.29, 1.82) is 0 Å². The Morgan fingerprint density at radius 3 is 2.67 bits per heavy atom. The maximum atomic E-state index is 12.3. The summed E-state index contributed by atoms with van der Waals surface area (Å²) >= 11 is 0. The molecule has 0 fully saturated rings. The number of aliphatic hydroxyl groups excluding tert-OH is 1. The molecule has 0 saturated heterocycles. The molecule has 1 unspecified atom stereocenters. The number of carbonyl (C=O) groups excluding carboxylic acids is 1. The van der Waals surface area contributed by atoms with Gasteiger partial charge >= 0.3 is 6.61 Å². The van der Waals surface area contributed by atoms with Crippen LogP contribution in [0.3, 0.4) is 0 Å². The number of alkyl halides is 2. The first-order chi connectivity index (χ1) is 9.97. The fourth-order valence-electron chi connectivity index (χ4n) is 1.79. The number of carbonyl (C=O) groups is 1. The molecule has 4 nitrogen and oxygen atoms in total. The SMILES string of the molecule is CCC(CO)NC(=O)/C=C(/C)c1ccccc1OC(F)F. The second-order valence-electron chi connectivity index (χ2n) is 4.50. The van der Waals surface area contributed by atoms with Gasteiger partial charge in [-0.1, -0.05) is 25.1 Å². The van der Waals surface area contributed by atoms with Crippen LogP contribution in [0.15, 0.2) is 30.3 Å². The first kappa shape index (κ1) is 17.1. The zero-order chi connectivity index (χ0) is 15.8. The number of aliphatic hydroxyl groups is 1. The average Bonchev–Trinajstić information content (AvgIpc) is 2.44. The Bertz CT molecular complexity index is 499. The van der Waals surface area contributed by atoms with Crippen molar-refractivity contribution < 1.29 is 23.4 Å². The second-order valence-corrected chi connectivity index (χ2v) is 4.50. The van der Waals surface area contributed by atoms with Gasteiger partial charge in [0, 0.05) is 11.6 Å². The Morgan fingerprint density at radius 2 is 2.10 bits per heavy atom. The van der Waals surface area contributed by atoms with Crippen LogP contribution < -0.4 is 10.1 Å². The van der Waals surface area contributed by atoms with Gasteiger partial charge in [0.05, 0.1) is 12.6 Å². The lowest BCUT2D eigenvalue weighted by atomic mass is 10.1. The highest BCUT2D eigenvalue weighted by Gasteiger charge is 2.12. The van der Waals surface area contributed by atoms with Gasteiger partial charge in [0.25, 0.3) is 0 Å². The van der Waals surface area contributed by atoms with E-state index in [0.29, 0.717) is 17.6 Å². The van der Waals surface area contributed by atoms with E-state index in [4.69, 9.17) is 5.11 Å². The van der Waals surface area contributed by atoms with Gasteiger partial charge in [-0.15, -0.1) is 0 Å². The summed E-state index contributed by atoms with van der Waals surface area (Å²) in [6.07, 6.45) is 1.90. The molecular weight excluding hydrogens is 280 g/mol. The first-order valence-corrected chi connectivity index (χ1v) is 6.61. The van der Waals surface area contributed by atoms with Crippen molar-refractivity contribution in [1.82, 2.24) is 5.32 Å². The zero-order valence-corrected chi connectivity index (χ0v) is 12.0. The van der Waals surface area contributed by atoms with Crippen LogP contribution in [0, 0.1) is 0 Å². The molecule has 1 atom stereocenters.